The van der Waals surface area contributed by atoms with E-state index in [9.17, 15) is 0 Å². The summed E-state index contributed by atoms with van der Waals surface area (Å²) in [6.07, 6.45) is 5.69. The van der Waals surface area contributed by atoms with E-state index in [0.29, 0.717) is 0 Å². The van der Waals surface area contributed by atoms with Gasteiger partial charge >= 0.3 is 0 Å². The molecule has 0 saturated carbocycles. The summed E-state index contributed by atoms with van der Waals surface area (Å²) in [6.45, 7) is 8.94. The van der Waals surface area contributed by atoms with Crippen LogP contribution in [0.2, 0.25) is 0 Å². The minimum absolute atomic E-state index is 0.723. The SMILES string of the molecule is CCN(Cc1cn[nH]c1-c1ccccc1)C[C@@H]1CCCN(CCc2cccc(OC)c2)C1. The third-order valence-electron chi connectivity index (χ3n) is 6.59. The van der Waals surface area contributed by atoms with E-state index in [0.717, 1.165) is 50.0 Å². The standard InChI is InChI=1S/C27H36N4O/c1-3-30(21-25-18-28-29-27(25)24-11-5-4-6-12-24)19-23-10-8-15-31(20-23)16-14-22-9-7-13-26(17-22)32-2/h4-7,9,11-13,17-18,23H,3,8,10,14-16,19-21H2,1-2H3,(H,28,29)/t23-/m0/s1. The Morgan fingerprint density at radius 1 is 1.16 bits per heavy atom. The van der Waals surface area contributed by atoms with Crippen molar-refractivity contribution in [2.45, 2.75) is 32.7 Å². The van der Waals surface area contributed by atoms with Gasteiger partial charge in [-0.15, -0.1) is 0 Å². The summed E-state index contributed by atoms with van der Waals surface area (Å²) in [7, 11) is 1.74. The van der Waals surface area contributed by atoms with Crippen LogP contribution in [-0.2, 0) is 13.0 Å². The van der Waals surface area contributed by atoms with Crippen molar-refractivity contribution in [3.63, 3.8) is 0 Å². The molecule has 0 radical (unpaired) electrons. The molecule has 1 N–H and O–H groups in total. The Bertz CT molecular complexity index is 955. The van der Waals surface area contributed by atoms with E-state index >= 15 is 0 Å². The van der Waals surface area contributed by atoms with E-state index in [4.69, 9.17) is 4.74 Å². The summed E-state index contributed by atoms with van der Waals surface area (Å²) >= 11 is 0. The second-order valence-electron chi connectivity index (χ2n) is 8.87. The summed E-state index contributed by atoms with van der Waals surface area (Å²) in [4.78, 5) is 5.22. The summed E-state index contributed by atoms with van der Waals surface area (Å²) in [5.74, 6) is 1.67. The first-order chi connectivity index (χ1) is 15.7. The number of piperidine rings is 1. The van der Waals surface area contributed by atoms with Crippen molar-refractivity contribution in [1.29, 1.82) is 0 Å². The van der Waals surface area contributed by atoms with Crippen molar-refractivity contribution in [3.8, 4) is 17.0 Å². The smallest absolute Gasteiger partial charge is 0.119 e. The lowest BCUT2D eigenvalue weighted by Gasteiger charge is -2.35. The van der Waals surface area contributed by atoms with Crippen LogP contribution in [0.5, 0.6) is 5.75 Å². The molecule has 1 atom stereocenters. The maximum absolute atomic E-state index is 5.37. The summed E-state index contributed by atoms with van der Waals surface area (Å²) in [5, 5.41) is 7.55. The van der Waals surface area contributed by atoms with E-state index in [1.165, 1.54) is 42.6 Å². The number of aromatic amines is 1. The molecule has 2 heterocycles. The summed E-state index contributed by atoms with van der Waals surface area (Å²) in [6, 6.07) is 19.0. The maximum Gasteiger partial charge on any atom is 0.119 e. The molecule has 0 spiro atoms. The third-order valence-corrected chi connectivity index (χ3v) is 6.59. The average Bonchev–Trinajstić information content (AvgIpc) is 3.31. The first kappa shape index (κ1) is 22.6. The lowest BCUT2D eigenvalue weighted by atomic mass is 9.96. The van der Waals surface area contributed by atoms with Crippen LogP contribution in [-0.4, -0.2) is 59.8 Å². The van der Waals surface area contributed by atoms with Crippen LogP contribution in [0.25, 0.3) is 11.3 Å². The predicted octanol–water partition coefficient (Wildman–Crippen LogP) is 4.86. The Kier molecular flexibility index (Phi) is 7.97. The molecular weight excluding hydrogens is 396 g/mol. The van der Waals surface area contributed by atoms with Crippen molar-refractivity contribution in [2.24, 2.45) is 5.92 Å². The number of rotatable bonds is 10. The second-order valence-corrected chi connectivity index (χ2v) is 8.87. The second kappa shape index (κ2) is 11.3. The highest BCUT2D eigenvalue weighted by molar-refractivity contribution is 5.62. The van der Waals surface area contributed by atoms with Crippen LogP contribution < -0.4 is 4.74 Å². The number of methoxy groups -OCH3 is 1. The Hall–Kier alpha value is -2.63. The molecule has 0 aliphatic carbocycles. The molecular formula is C27H36N4O. The number of H-pyrrole nitrogens is 1. The van der Waals surface area contributed by atoms with Crippen molar-refractivity contribution in [3.05, 3.63) is 71.9 Å². The number of aromatic nitrogens is 2. The van der Waals surface area contributed by atoms with Gasteiger partial charge in [0.15, 0.2) is 0 Å². The van der Waals surface area contributed by atoms with Gasteiger partial charge in [0.1, 0.15) is 5.75 Å². The molecule has 1 saturated heterocycles. The molecule has 1 aliphatic heterocycles. The van der Waals surface area contributed by atoms with E-state index in [2.05, 4.69) is 75.5 Å². The summed E-state index contributed by atoms with van der Waals surface area (Å²) < 4.78 is 5.37. The van der Waals surface area contributed by atoms with Crippen LogP contribution in [0.15, 0.2) is 60.8 Å². The number of hydrogen-bond acceptors (Lipinski definition) is 4. The number of benzene rings is 2. The average molecular weight is 433 g/mol. The van der Waals surface area contributed by atoms with Crippen LogP contribution in [0.3, 0.4) is 0 Å². The first-order valence-corrected chi connectivity index (χ1v) is 11.9. The molecule has 32 heavy (non-hydrogen) atoms. The molecule has 1 fully saturated rings. The zero-order valence-corrected chi connectivity index (χ0v) is 19.5. The van der Waals surface area contributed by atoms with Crippen molar-refractivity contribution in [2.75, 3.05) is 39.8 Å². The fourth-order valence-corrected chi connectivity index (χ4v) is 4.82. The molecule has 170 valence electrons. The normalized spacial score (nSPS) is 17.0. The number of hydrogen-bond donors (Lipinski definition) is 1. The largest absolute Gasteiger partial charge is 0.497 e. The van der Waals surface area contributed by atoms with Gasteiger partial charge in [-0.05, 0) is 61.5 Å². The third kappa shape index (κ3) is 5.99. The van der Waals surface area contributed by atoms with Gasteiger partial charge in [-0.2, -0.15) is 5.10 Å². The minimum Gasteiger partial charge on any atom is -0.497 e. The highest BCUT2D eigenvalue weighted by atomic mass is 16.5. The Labute approximate surface area is 192 Å². The molecule has 0 bridgehead atoms. The number of likely N-dealkylation sites (tertiary alicyclic amines) is 1. The molecule has 5 heteroatoms. The first-order valence-electron chi connectivity index (χ1n) is 11.9. The number of ether oxygens (including phenoxy) is 1. The Morgan fingerprint density at radius 2 is 2.03 bits per heavy atom. The van der Waals surface area contributed by atoms with Gasteiger partial charge in [0.2, 0.25) is 0 Å². The van der Waals surface area contributed by atoms with Crippen LogP contribution >= 0.6 is 0 Å². The van der Waals surface area contributed by atoms with Gasteiger partial charge in [0, 0.05) is 31.7 Å². The van der Waals surface area contributed by atoms with E-state index in [-0.39, 0.29) is 0 Å². The molecule has 1 aromatic heterocycles. The Balaban J connectivity index is 1.31. The number of nitrogens with one attached hydrogen (secondary N) is 1. The molecule has 5 nitrogen and oxygen atoms in total. The van der Waals surface area contributed by atoms with Crippen LogP contribution in [0, 0.1) is 5.92 Å². The molecule has 0 amide bonds. The molecule has 1 aliphatic rings. The highest BCUT2D eigenvalue weighted by Crippen LogP contribution is 2.24. The van der Waals surface area contributed by atoms with Crippen LogP contribution in [0.1, 0.15) is 30.9 Å². The maximum atomic E-state index is 5.37. The highest BCUT2D eigenvalue weighted by Gasteiger charge is 2.22. The van der Waals surface area contributed by atoms with Gasteiger partial charge in [-0.1, -0.05) is 49.4 Å². The molecule has 0 unspecified atom stereocenters. The fraction of sp³-hybridized carbons (Fsp3) is 0.444. The van der Waals surface area contributed by atoms with E-state index in [1.54, 1.807) is 7.11 Å². The van der Waals surface area contributed by atoms with Crippen molar-refractivity contribution >= 4 is 0 Å². The topological polar surface area (TPSA) is 44.4 Å². The predicted molar refractivity (Wildman–Crippen MR) is 131 cm³/mol. The monoisotopic (exact) mass is 432 g/mol. The van der Waals surface area contributed by atoms with Gasteiger partial charge in [0.25, 0.3) is 0 Å². The number of nitrogens with zero attached hydrogens (tertiary/aromatic N) is 3. The Morgan fingerprint density at radius 3 is 2.84 bits per heavy atom. The van der Waals surface area contributed by atoms with Gasteiger partial charge < -0.3 is 9.64 Å². The van der Waals surface area contributed by atoms with E-state index < -0.39 is 0 Å². The van der Waals surface area contributed by atoms with Gasteiger partial charge in [0.05, 0.1) is 19.0 Å². The van der Waals surface area contributed by atoms with Crippen LogP contribution in [0.4, 0.5) is 0 Å². The summed E-state index contributed by atoms with van der Waals surface area (Å²) in [5.41, 5.74) is 4.99. The zero-order chi connectivity index (χ0) is 22.2. The molecule has 3 aromatic rings. The molecule has 4 rings (SSSR count). The van der Waals surface area contributed by atoms with Crippen molar-refractivity contribution < 1.29 is 4.74 Å². The lowest BCUT2D eigenvalue weighted by Crippen LogP contribution is -2.41. The molecule has 2 aromatic carbocycles. The van der Waals surface area contributed by atoms with Gasteiger partial charge in [-0.3, -0.25) is 10.00 Å². The lowest BCUT2D eigenvalue weighted by molar-refractivity contribution is 0.133. The zero-order valence-electron chi connectivity index (χ0n) is 19.5. The quantitative estimate of drug-likeness (QED) is 0.497. The van der Waals surface area contributed by atoms with E-state index in [1.807, 2.05) is 12.3 Å². The minimum atomic E-state index is 0.723. The van der Waals surface area contributed by atoms with Gasteiger partial charge in [-0.25, -0.2) is 0 Å². The van der Waals surface area contributed by atoms with Crippen molar-refractivity contribution in [1.82, 2.24) is 20.0 Å². The fourth-order valence-electron chi connectivity index (χ4n) is 4.82.